The standard InChI is InChI=1S/C9H5BrN4/c1-4-5(2-11)9(14)7(10)6(3-12)8(4)13/h13-14H,1H3. The summed E-state index contributed by atoms with van der Waals surface area (Å²) in [6, 6.07) is 3.68. The lowest BCUT2D eigenvalue weighted by Gasteiger charge is -2.15. The Labute approximate surface area is 89.3 Å². The molecule has 0 spiro atoms. The van der Waals surface area contributed by atoms with E-state index in [1.165, 1.54) is 0 Å². The zero-order chi connectivity index (χ0) is 10.9. The summed E-state index contributed by atoms with van der Waals surface area (Å²) in [7, 11) is 0. The molecule has 68 valence electrons. The van der Waals surface area contributed by atoms with Gasteiger partial charge in [0, 0.05) is 0 Å². The lowest BCUT2D eigenvalue weighted by Crippen LogP contribution is -2.18. The minimum absolute atomic E-state index is 0.00641. The fourth-order valence-electron chi connectivity index (χ4n) is 1.09. The van der Waals surface area contributed by atoms with Gasteiger partial charge in [-0.15, -0.1) is 0 Å². The van der Waals surface area contributed by atoms with Crippen LogP contribution < -0.4 is 0 Å². The van der Waals surface area contributed by atoms with E-state index in [2.05, 4.69) is 15.9 Å². The maximum atomic E-state index is 8.75. The maximum Gasteiger partial charge on any atom is 0.103 e. The largest absolute Gasteiger partial charge is 0.299 e. The van der Waals surface area contributed by atoms with Crippen molar-refractivity contribution < 1.29 is 0 Å². The molecule has 5 heteroatoms. The van der Waals surface area contributed by atoms with Crippen LogP contribution in [0.15, 0.2) is 21.2 Å². The Morgan fingerprint density at radius 3 is 2.00 bits per heavy atom. The van der Waals surface area contributed by atoms with Crippen molar-refractivity contribution >= 4 is 27.4 Å². The summed E-state index contributed by atoms with van der Waals surface area (Å²) in [4.78, 5) is 0. The number of nitriles is 2. The van der Waals surface area contributed by atoms with Gasteiger partial charge in [0.15, 0.2) is 0 Å². The van der Waals surface area contributed by atoms with Crippen LogP contribution in [-0.2, 0) is 0 Å². The molecule has 0 saturated carbocycles. The van der Waals surface area contributed by atoms with E-state index in [1.54, 1.807) is 6.92 Å². The van der Waals surface area contributed by atoms with Gasteiger partial charge in [-0.05, 0) is 28.4 Å². The minimum Gasteiger partial charge on any atom is -0.299 e. The molecule has 0 fully saturated rings. The second-order valence-electron chi connectivity index (χ2n) is 2.66. The van der Waals surface area contributed by atoms with Crippen LogP contribution >= 0.6 is 15.9 Å². The minimum atomic E-state index is -0.0300. The van der Waals surface area contributed by atoms with E-state index >= 15 is 0 Å². The first-order chi connectivity index (χ1) is 6.54. The normalized spacial score (nSPS) is 16.9. The van der Waals surface area contributed by atoms with Gasteiger partial charge < -0.3 is 0 Å². The molecule has 1 aliphatic rings. The van der Waals surface area contributed by atoms with Crippen molar-refractivity contribution in [3.8, 4) is 12.1 Å². The van der Waals surface area contributed by atoms with Gasteiger partial charge in [0.05, 0.1) is 27.1 Å². The Balaban J connectivity index is 3.47. The van der Waals surface area contributed by atoms with E-state index < -0.39 is 0 Å². The first-order valence-electron chi connectivity index (χ1n) is 3.64. The number of rotatable bonds is 0. The molecule has 1 aliphatic carbocycles. The van der Waals surface area contributed by atoms with Crippen LogP contribution in [0.3, 0.4) is 0 Å². The number of halogens is 1. The van der Waals surface area contributed by atoms with Gasteiger partial charge in [-0.1, -0.05) is 0 Å². The van der Waals surface area contributed by atoms with Gasteiger partial charge >= 0.3 is 0 Å². The fourth-order valence-corrected chi connectivity index (χ4v) is 1.57. The first-order valence-corrected chi connectivity index (χ1v) is 4.43. The summed E-state index contributed by atoms with van der Waals surface area (Å²) in [5.41, 5.74) is 0.592. The molecule has 1 rings (SSSR count). The Hall–Kier alpha value is -1.72. The highest BCUT2D eigenvalue weighted by Crippen LogP contribution is 2.27. The highest BCUT2D eigenvalue weighted by atomic mass is 79.9. The highest BCUT2D eigenvalue weighted by molar-refractivity contribution is 9.12. The Morgan fingerprint density at radius 2 is 1.57 bits per heavy atom. The predicted molar refractivity (Wildman–Crippen MR) is 55.3 cm³/mol. The summed E-state index contributed by atoms with van der Waals surface area (Å²) in [6.07, 6.45) is 0. The third-order valence-corrected chi connectivity index (χ3v) is 2.71. The molecule has 0 saturated heterocycles. The summed E-state index contributed by atoms with van der Waals surface area (Å²) >= 11 is 3.04. The van der Waals surface area contributed by atoms with E-state index in [1.807, 2.05) is 12.1 Å². The maximum absolute atomic E-state index is 8.75. The first kappa shape index (κ1) is 10.4. The second-order valence-corrected chi connectivity index (χ2v) is 3.46. The van der Waals surface area contributed by atoms with Crippen LogP contribution in [-0.4, -0.2) is 11.4 Å². The van der Waals surface area contributed by atoms with Crippen LogP contribution in [0.2, 0.25) is 0 Å². The lowest BCUT2D eigenvalue weighted by molar-refractivity contribution is 1.36. The van der Waals surface area contributed by atoms with E-state index in [0.29, 0.717) is 5.57 Å². The average molecular weight is 249 g/mol. The summed E-state index contributed by atoms with van der Waals surface area (Å²) in [5, 5.41) is 32.7. The van der Waals surface area contributed by atoms with Gasteiger partial charge in [0.25, 0.3) is 0 Å². The van der Waals surface area contributed by atoms with Crippen molar-refractivity contribution in [1.29, 1.82) is 21.3 Å². The zero-order valence-corrected chi connectivity index (χ0v) is 8.86. The van der Waals surface area contributed by atoms with Crippen LogP contribution in [0.5, 0.6) is 0 Å². The Kier molecular flexibility index (Phi) is 2.64. The molecule has 0 radical (unpaired) electrons. The Morgan fingerprint density at radius 1 is 1.07 bits per heavy atom. The summed E-state index contributed by atoms with van der Waals surface area (Å²) < 4.78 is 0.215. The van der Waals surface area contributed by atoms with Crippen LogP contribution in [0.1, 0.15) is 6.92 Å². The molecule has 0 bridgehead atoms. The summed E-state index contributed by atoms with van der Waals surface area (Å²) in [5.74, 6) is 0. The average Bonchev–Trinajstić information content (AvgIpc) is 2.17. The molecule has 0 aromatic carbocycles. The lowest BCUT2D eigenvalue weighted by atomic mass is 9.90. The van der Waals surface area contributed by atoms with E-state index in [4.69, 9.17) is 21.3 Å². The number of allylic oxidation sites excluding steroid dienone is 4. The van der Waals surface area contributed by atoms with Gasteiger partial charge in [-0.3, -0.25) is 10.8 Å². The molecule has 4 nitrogen and oxygen atoms in total. The van der Waals surface area contributed by atoms with E-state index in [9.17, 15) is 0 Å². The van der Waals surface area contributed by atoms with Crippen LogP contribution in [0.4, 0.5) is 0 Å². The predicted octanol–water partition coefficient (Wildman–Crippen LogP) is 2.05. The van der Waals surface area contributed by atoms with E-state index in [0.717, 1.165) is 0 Å². The SMILES string of the molecule is CC1=C(C#N)C(=N)C(Br)=C(C#N)C1=N. The monoisotopic (exact) mass is 248 g/mol. The number of hydrogen-bond donors (Lipinski definition) is 2. The van der Waals surface area contributed by atoms with Gasteiger partial charge in [-0.25, -0.2) is 0 Å². The van der Waals surface area contributed by atoms with Crippen molar-refractivity contribution in [1.82, 2.24) is 0 Å². The molecular formula is C9H5BrN4. The molecule has 2 N–H and O–H groups in total. The van der Waals surface area contributed by atoms with Gasteiger partial charge in [0.1, 0.15) is 12.1 Å². The van der Waals surface area contributed by atoms with Crippen molar-refractivity contribution in [2.24, 2.45) is 0 Å². The van der Waals surface area contributed by atoms with Crippen molar-refractivity contribution in [2.45, 2.75) is 6.92 Å². The molecule has 0 aliphatic heterocycles. The van der Waals surface area contributed by atoms with Crippen molar-refractivity contribution in [3.63, 3.8) is 0 Å². The quantitative estimate of drug-likeness (QED) is 0.642. The smallest absolute Gasteiger partial charge is 0.103 e. The molecule has 0 amide bonds. The zero-order valence-electron chi connectivity index (χ0n) is 7.27. The highest BCUT2D eigenvalue weighted by Gasteiger charge is 2.26. The van der Waals surface area contributed by atoms with Crippen molar-refractivity contribution in [3.05, 3.63) is 21.2 Å². The molecule has 0 unspecified atom stereocenters. The second kappa shape index (κ2) is 3.57. The van der Waals surface area contributed by atoms with Crippen LogP contribution in [0.25, 0.3) is 0 Å². The van der Waals surface area contributed by atoms with Gasteiger partial charge in [-0.2, -0.15) is 10.5 Å². The Bertz CT molecular complexity index is 436. The summed E-state index contributed by atoms with van der Waals surface area (Å²) in [6.45, 7) is 1.56. The van der Waals surface area contributed by atoms with E-state index in [-0.39, 0.29) is 27.1 Å². The molecular weight excluding hydrogens is 244 g/mol. The fraction of sp³-hybridized carbons (Fsp3) is 0.111. The van der Waals surface area contributed by atoms with Crippen molar-refractivity contribution in [2.75, 3.05) is 0 Å². The third-order valence-electron chi connectivity index (χ3n) is 1.91. The molecule has 0 aromatic heterocycles. The molecule has 0 aromatic rings. The molecule has 14 heavy (non-hydrogen) atoms. The number of nitrogens with one attached hydrogen (secondary N) is 2. The molecule has 0 atom stereocenters. The number of hydrogen-bond acceptors (Lipinski definition) is 4. The van der Waals surface area contributed by atoms with Gasteiger partial charge in [0.2, 0.25) is 0 Å². The topological polar surface area (TPSA) is 95.3 Å². The third kappa shape index (κ3) is 1.28. The van der Waals surface area contributed by atoms with Crippen LogP contribution in [0, 0.1) is 33.5 Å². The molecule has 0 heterocycles. The number of nitrogens with zero attached hydrogens (tertiary/aromatic N) is 2.